The second-order valence-corrected chi connectivity index (χ2v) is 4.20. The number of nitrogens with zero attached hydrogens (tertiary/aromatic N) is 1. The highest BCUT2D eigenvalue weighted by Crippen LogP contribution is 2.25. The number of rotatable bonds is 2. The highest BCUT2D eigenvalue weighted by molar-refractivity contribution is 5.96. The van der Waals surface area contributed by atoms with Crippen LogP contribution in [0.25, 0.3) is 0 Å². The Morgan fingerprint density at radius 1 is 1.46 bits per heavy atom. The first-order valence-electron chi connectivity index (χ1n) is 4.39. The van der Waals surface area contributed by atoms with Gasteiger partial charge in [0, 0.05) is 13.0 Å². The zero-order valence-corrected chi connectivity index (χ0v) is 8.39. The van der Waals surface area contributed by atoms with Crippen LogP contribution in [0.2, 0.25) is 0 Å². The molecule has 13 heavy (non-hydrogen) atoms. The Morgan fingerprint density at radius 3 is 2.62 bits per heavy atom. The van der Waals surface area contributed by atoms with Crippen LogP contribution in [-0.2, 0) is 9.59 Å². The minimum absolute atomic E-state index is 0.0131. The van der Waals surface area contributed by atoms with E-state index in [1.54, 1.807) is 0 Å². The van der Waals surface area contributed by atoms with E-state index in [9.17, 15) is 9.59 Å². The fourth-order valence-electron chi connectivity index (χ4n) is 1.80. The molecular weight excluding hydrogens is 168 g/mol. The number of piperidine rings is 1. The summed E-state index contributed by atoms with van der Waals surface area (Å²) < 4.78 is 0. The molecule has 1 heterocycles. The predicted molar refractivity (Wildman–Crippen MR) is 49.3 cm³/mol. The Kier molecular flexibility index (Phi) is 2.71. The Balaban J connectivity index is 2.72. The normalized spacial score (nSPS) is 29.2. The van der Waals surface area contributed by atoms with Gasteiger partial charge in [-0.15, -0.1) is 0 Å². The molecule has 0 aromatic rings. The van der Waals surface area contributed by atoms with Gasteiger partial charge in [-0.05, 0) is 21.0 Å². The maximum Gasteiger partial charge on any atom is 0.228 e. The van der Waals surface area contributed by atoms with Gasteiger partial charge < -0.3 is 10.2 Å². The Labute approximate surface area is 78.3 Å². The van der Waals surface area contributed by atoms with E-state index in [0.29, 0.717) is 13.0 Å². The summed E-state index contributed by atoms with van der Waals surface area (Å²) in [5.74, 6) is 0.102. The molecule has 4 heteroatoms. The average Bonchev–Trinajstić information content (AvgIpc) is 1.95. The first kappa shape index (κ1) is 10.2. The van der Waals surface area contributed by atoms with Gasteiger partial charge in [-0.2, -0.15) is 0 Å². The highest BCUT2D eigenvalue weighted by Gasteiger charge is 2.39. The molecule has 4 nitrogen and oxygen atoms in total. The van der Waals surface area contributed by atoms with E-state index in [0.717, 1.165) is 0 Å². The topological polar surface area (TPSA) is 49.4 Å². The van der Waals surface area contributed by atoms with Crippen LogP contribution in [0, 0.1) is 5.41 Å². The molecule has 1 aliphatic rings. The lowest BCUT2D eigenvalue weighted by Crippen LogP contribution is -2.52. The summed E-state index contributed by atoms with van der Waals surface area (Å²) >= 11 is 0. The van der Waals surface area contributed by atoms with Crippen LogP contribution in [0.1, 0.15) is 13.3 Å². The number of Topliss-reactive ketones (excluding diaryl/α,β-unsaturated/α-hetero) is 1. The van der Waals surface area contributed by atoms with E-state index in [2.05, 4.69) is 5.32 Å². The first-order valence-corrected chi connectivity index (χ1v) is 4.39. The lowest BCUT2D eigenvalue weighted by molar-refractivity contribution is -0.140. The average molecular weight is 184 g/mol. The number of hydrogen-bond donors (Lipinski definition) is 1. The second-order valence-electron chi connectivity index (χ2n) is 4.20. The Bertz CT molecular complexity index is 238. The van der Waals surface area contributed by atoms with Crippen molar-refractivity contribution < 1.29 is 9.59 Å². The largest absolute Gasteiger partial charge is 0.348 e. The number of amides is 1. The van der Waals surface area contributed by atoms with Crippen molar-refractivity contribution in [1.29, 1.82) is 0 Å². The van der Waals surface area contributed by atoms with Gasteiger partial charge in [-0.3, -0.25) is 9.59 Å². The molecule has 1 aliphatic heterocycles. The Morgan fingerprint density at radius 2 is 2.08 bits per heavy atom. The molecule has 0 spiro atoms. The van der Waals surface area contributed by atoms with E-state index < -0.39 is 5.41 Å². The number of nitrogens with one attached hydrogen (secondary N) is 1. The van der Waals surface area contributed by atoms with Gasteiger partial charge >= 0.3 is 0 Å². The number of carbonyl (C=O) groups excluding carboxylic acids is 2. The SMILES string of the molecule is CN(C)CC1(C)CC(=O)CNC1=O. The van der Waals surface area contributed by atoms with Crippen LogP contribution in [0.3, 0.4) is 0 Å². The van der Waals surface area contributed by atoms with Crippen molar-refractivity contribution in [2.45, 2.75) is 13.3 Å². The van der Waals surface area contributed by atoms with Crippen LogP contribution in [-0.4, -0.2) is 43.8 Å². The Hall–Kier alpha value is -0.900. The predicted octanol–water partition coefficient (Wildman–Crippen LogP) is -0.357. The molecule has 0 aliphatic carbocycles. The van der Waals surface area contributed by atoms with Crippen molar-refractivity contribution in [3.8, 4) is 0 Å². The van der Waals surface area contributed by atoms with Crippen molar-refractivity contribution in [1.82, 2.24) is 10.2 Å². The zero-order valence-electron chi connectivity index (χ0n) is 8.39. The third-order valence-electron chi connectivity index (χ3n) is 2.25. The molecule has 1 unspecified atom stereocenters. The highest BCUT2D eigenvalue weighted by atomic mass is 16.2. The smallest absolute Gasteiger partial charge is 0.228 e. The molecule has 0 saturated carbocycles. The summed E-state index contributed by atoms with van der Waals surface area (Å²) in [6.07, 6.45) is 0.358. The van der Waals surface area contributed by atoms with Gasteiger partial charge in [0.05, 0.1) is 12.0 Å². The summed E-state index contributed by atoms with van der Waals surface area (Å²) in [7, 11) is 3.80. The first-order chi connectivity index (χ1) is 5.94. The molecule has 0 aromatic heterocycles. The van der Waals surface area contributed by atoms with Gasteiger partial charge in [0.15, 0.2) is 5.78 Å². The molecule has 74 valence electrons. The third kappa shape index (κ3) is 2.28. The standard InChI is InChI=1S/C9H16N2O2/c1-9(6-11(2)3)4-7(12)5-10-8(9)13/h4-6H2,1-3H3,(H,10,13). The van der Waals surface area contributed by atoms with Crippen molar-refractivity contribution in [2.75, 3.05) is 27.2 Å². The maximum absolute atomic E-state index is 11.5. The lowest BCUT2D eigenvalue weighted by Gasteiger charge is -2.33. The lowest BCUT2D eigenvalue weighted by atomic mass is 9.81. The summed E-state index contributed by atoms with van der Waals surface area (Å²) in [5.41, 5.74) is -0.543. The van der Waals surface area contributed by atoms with Crippen molar-refractivity contribution in [2.24, 2.45) is 5.41 Å². The van der Waals surface area contributed by atoms with Crippen molar-refractivity contribution in [3.63, 3.8) is 0 Å². The molecule has 0 bridgehead atoms. The molecule has 1 atom stereocenters. The summed E-state index contributed by atoms with van der Waals surface area (Å²) in [6, 6.07) is 0. The molecule has 1 rings (SSSR count). The van der Waals surface area contributed by atoms with E-state index in [4.69, 9.17) is 0 Å². The summed E-state index contributed by atoms with van der Waals surface area (Å²) in [5, 5.41) is 2.61. The molecular formula is C9H16N2O2. The molecule has 1 N–H and O–H groups in total. The minimum atomic E-state index is -0.543. The van der Waals surface area contributed by atoms with Crippen LogP contribution >= 0.6 is 0 Å². The molecule has 0 aromatic carbocycles. The number of ketones is 1. The maximum atomic E-state index is 11.5. The molecule has 0 radical (unpaired) electrons. The van der Waals surface area contributed by atoms with Crippen LogP contribution in [0.4, 0.5) is 0 Å². The quantitative estimate of drug-likeness (QED) is 0.638. The summed E-state index contributed by atoms with van der Waals surface area (Å²) in [4.78, 5) is 24.6. The molecule has 1 saturated heterocycles. The van der Waals surface area contributed by atoms with E-state index in [1.807, 2.05) is 25.9 Å². The third-order valence-corrected chi connectivity index (χ3v) is 2.25. The zero-order chi connectivity index (χ0) is 10.1. The van der Waals surface area contributed by atoms with Crippen LogP contribution in [0.5, 0.6) is 0 Å². The monoisotopic (exact) mass is 184 g/mol. The summed E-state index contributed by atoms with van der Waals surface area (Å²) in [6.45, 7) is 2.64. The van der Waals surface area contributed by atoms with E-state index >= 15 is 0 Å². The van der Waals surface area contributed by atoms with Gasteiger partial charge in [-0.25, -0.2) is 0 Å². The van der Waals surface area contributed by atoms with Gasteiger partial charge in [0.2, 0.25) is 5.91 Å². The van der Waals surface area contributed by atoms with E-state index in [-0.39, 0.29) is 18.2 Å². The van der Waals surface area contributed by atoms with Gasteiger partial charge in [0.25, 0.3) is 0 Å². The fourth-order valence-corrected chi connectivity index (χ4v) is 1.80. The second kappa shape index (κ2) is 3.46. The van der Waals surface area contributed by atoms with Crippen LogP contribution < -0.4 is 5.32 Å². The number of hydrogen-bond acceptors (Lipinski definition) is 3. The van der Waals surface area contributed by atoms with Gasteiger partial charge in [-0.1, -0.05) is 0 Å². The molecule has 1 fully saturated rings. The number of carbonyl (C=O) groups is 2. The van der Waals surface area contributed by atoms with Gasteiger partial charge in [0.1, 0.15) is 0 Å². The van der Waals surface area contributed by atoms with Crippen molar-refractivity contribution in [3.05, 3.63) is 0 Å². The van der Waals surface area contributed by atoms with E-state index in [1.165, 1.54) is 0 Å². The fraction of sp³-hybridized carbons (Fsp3) is 0.778. The minimum Gasteiger partial charge on any atom is -0.348 e. The molecule has 1 amide bonds. The van der Waals surface area contributed by atoms with Crippen molar-refractivity contribution >= 4 is 11.7 Å². The van der Waals surface area contributed by atoms with Crippen LogP contribution in [0.15, 0.2) is 0 Å².